The minimum Gasteiger partial charge on any atom is -0.322 e. The van der Waals surface area contributed by atoms with E-state index >= 15 is 0 Å². The summed E-state index contributed by atoms with van der Waals surface area (Å²) in [6.07, 6.45) is -2.42. The van der Waals surface area contributed by atoms with E-state index in [0.717, 1.165) is 18.2 Å². The number of hydrogen-bond donors (Lipinski definition) is 2. The number of carbonyl (C=O) groups excluding carboxylic acids is 2. The van der Waals surface area contributed by atoms with Crippen molar-refractivity contribution in [1.29, 1.82) is 0 Å². The molecule has 136 valence electrons. The summed E-state index contributed by atoms with van der Waals surface area (Å²) >= 11 is 0. The average molecular weight is 362 g/mol. The molecule has 3 amide bonds. The molecule has 0 heterocycles. The molecular formula is C19H17F3N2O2. The van der Waals surface area contributed by atoms with E-state index in [1.807, 2.05) is 5.32 Å². The van der Waals surface area contributed by atoms with Gasteiger partial charge in [-0.05, 0) is 24.6 Å². The molecule has 0 fully saturated rings. The van der Waals surface area contributed by atoms with Gasteiger partial charge in [0.1, 0.15) is 11.4 Å². The first-order valence-electron chi connectivity index (χ1n) is 7.73. The van der Waals surface area contributed by atoms with Crippen molar-refractivity contribution in [3.05, 3.63) is 84.2 Å². The molecule has 2 N–H and O–H groups in total. The highest BCUT2D eigenvalue weighted by Crippen LogP contribution is 2.34. The van der Waals surface area contributed by atoms with Gasteiger partial charge in [0, 0.05) is 11.1 Å². The second-order valence-corrected chi connectivity index (χ2v) is 5.52. The van der Waals surface area contributed by atoms with Crippen LogP contribution in [0.25, 0.3) is 0 Å². The number of benzene rings is 2. The maximum atomic E-state index is 14.1. The standard InChI is InChI=1S/C19H17F3N2O2/c1-2-12-19(17(21)22,14-10-6-7-11-15(14)20)24-18(26)23-16(25)13-8-4-3-5-9-13/h2-11,17H,1,12H2,(H2,23,24,25,26). The summed E-state index contributed by atoms with van der Waals surface area (Å²) in [4.78, 5) is 24.2. The van der Waals surface area contributed by atoms with Crippen LogP contribution in [0.15, 0.2) is 67.3 Å². The Morgan fingerprint density at radius 2 is 1.69 bits per heavy atom. The predicted octanol–water partition coefficient (Wildman–Crippen LogP) is 4.00. The first-order valence-corrected chi connectivity index (χ1v) is 7.73. The van der Waals surface area contributed by atoms with Crippen LogP contribution in [0.1, 0.15) is 22.3 Å². The van der Waals surface area contributed by atoms with Gasteiger partial charge in [0.15, 0.2) is 0 Å². The Balaban J connectivity index is 2.29. The molecule has 0 aliphatic heterocycles. The third-order valence-corrected chi connectivity index (χ3v) is 3.79. The summed E-state index contributed by atoms with van der Waals surface area (Å²) in [7, 11) is 0. The number of carbonyl (C=O) groups is 2. The van der Waals surface area contributed by atoms with E-state index in [1.54, 1.807) is 18.2 Å². The molecule has 0 radical (unpaired) electrons. The largest absolute Gasteiger partial charge is 0.322 e. The van der Waals surface area contributed by atoms with Gasteiger partial charge in [0.2, 0.25) is 0 Å². The molecule has 0 aliphatic rings. The molecule has 4 nitrogen and oxygen atoms in total. The van der Waals surface area contributed by atoms with Crippen LogP contribution < -0.4 is 10.6 Å². The zero-order valence-electron chi connectivity index (χ0n) is 13.7. The Labute approximate surface area is 148 Å². The van der Waals surface area contributed by atoms with E-state index in [4.69, 9.17) is 0 Å². The highest BCUT2D eigenvalue weighted by atomic mass is 19.3. The Kier molecular flexibility index (Phi) is 6.16. The van der Waals surface area contributed by atoms with Crippen molar-refractivity contribution in [1.82, 2.24) is 10.6 Å². The maximum Gasteiger partial charge on any atom is 0.322 e. The lowest BCUT2D eigenvalue weighted by atomic mass is 9.86. The molecule has 1 unspecified atom stereocenters. The minimum atomic E-state index is -3.14. The van der Waals surface area contributed by atoms with Gasteiger partial charge in [-0.2, -0.15) is 0 Å². The van der Waals surface area contributed by atoms with Crippen LogP contribution in [-0.2, 0) is 5.54 Å². The lowest BCUT2D eigenvalue weighted by Crippen LogP contribution is -2.55. The van der Waals surface area contributed by atoms with Crippen LogP contribution in [0.2, 0.25) is 0 Å². The molecule has 2 aromatic carbocycles. The molecule has 0 saturated heterocycles. The molecule has 0 bridgehead atoms. The second kappa shape index (κ2) is 8.33. The summed E-state index contributed by atoms with van der Waals surface area (Å²) < 4.78 is 41.9. The molecule has 7 heteroatoms. The summed E-state index contributed by atoms with van der Waals surface area (Å²) in [6.45, 7) is 3.40. The monoisotopic (exact) mass is 362 g/mol. The van der Waals surface area contributed by atoms with Crippen molar-refractivity contribution in [2.75, 3.05) is 0 Å². The number of rotatable bonds is 6. The van der Waals surface area contributed by atoms with Gasteiger partial charge in [0.05, 0.1) is 0 Å². The normalized spacial score (nSPS) is 12.9. The Morgan fingerprint density at radius 3 is 2.27 bits per heavy atom. The molecule has 2 rings (SSSR count). The van der Waals surface area contributed by atoms with Crippen molar-refractivity contribution in [2.45, 2.75) is 18.4 Å². The van der Waals surface area contributed by atoms with E-state index in [0.29, 0.717) is 0 Å². The molecule has 26 heavy (non-hydrogen) atoms. The van der Waals surface area contributed by atoms with Crippen molar-refractivity contribution in [2.24, 2.45) is 0 Å². The van der Waals surface area contributed by atoms with Crippen molar-refractivity contribution in [3.8, 4) is 0 Å². The predicted molar refractivity (Wildman–Crippen MR) is 91.3 cm³/mol. The van der Waals surface area contributed by atoms with E-state index in [9.17, 15) is 22.8 Å². The van der Waals surface area contributed by atoms with Crippen molar-refractivity contribution < 1.29 is 22.8 Å². The average Bonchev–Trinajstić information content (AvgIpc) is 2.62. The lowest BCUT2D eigenvalue weighted by Gasteiger charge is -2.33. The lowest BCUT2D eigenvalue weighted by molar-refractivity contribution is 0.0327. The van der Waals surface area contributed by atoms with Gasteiger partial charge in [-0.15, -0.1) is 6.58 Å². The number of imide groups is 1. The van der Waals surface area contributed by atoms with E-state index in [1.165, 1.54) is 24.3 Å². The van der Waals surface area contributed by atoms with Gasteiger partial charge in [0.25, 0.3) is 12.3 Å². The van der Waals surface area contributed by atoms with Gasteiger partial charge < -0.3 is 5.32 Å². The third kappa shape index (κ3) is 4.11. The zero-order valence-corrected chi connectivity index (χ0v) is 13.7. The number of amides is 3. The van der Waals surface area contributed by atoms with Crippen LogP contribution in [-0.4, -0.2) is 18.4 Å². The highest BCUT2D eigenvalue weighted by molar-refractivity contribution is 6.04. The van der Waals surface area contributed by atoms with Crippen molar-refractivity contribution in [3.63, 3.8) is 0 Å². The van der Waals surface area contributed by atoms with E-state index in [2.05, 4.69) is 11.9 Å². The van der Waals surface area contributed by atoms with Crippen LogP contribution in [0.4, 0.5) is 18.0 Å². The molecule has 0 spiro atoms. The molecule has 0 saturated carbocycles. The Morgan fingerprint density at radius 1 is 1.08 bits per heavy atom. The fraction of sp³-hybridized carbons (Fsp3) is 0.158. The first kappa shape index (κ1) is 19.2. The van der Waals surface area contributed by atoms with Gasteiger partial charge >= 0.3 is 6.03 Å². The summed E-state index contributed by atoms with van der Waals surface area (Å²) in [5.74, 6) is -1.66. The first-order chi connectivity index (χ1) is 12.4. The minimum absolute atomic E-state index is 0.180. The highest BCUT2D eigenvalue weighted by Gasteiger charge is 2.44. The molecular weight excluding hydrogens is 345 g/mol. The smallest absolute Gasteiger partial charge is 0.322 e. The number of nitrogens with one attached hydrogen (secondary N) is 2. The molecule has 2 aromatic rings. The SMILES string of the molecule is C=CCC(NC(=O)NC(=O)c1ccccc1)(c1ccccc1F)C(F)F. The summed E-state index contributed by atoms with van der Waals surface area (Å²) in [6, 6.07) is 11.5. The zero-order chi connectivity index (χ0) is 19.2. The third-order valence-electron chi connectivity index (χ3n) is 3.79. The summed E-state index contributed by atoms with van der Waals surface area (Å²) in [5, 5.41) is 4.03. The van der Waals surface area contributed by atoms with Crippen LogP contribution >= 0.6 is 0 Å². The van der Waals surface area contributed by atoms with E-state index < -0.39 is 41.7 Å². The topological polar surface area (TPSA) is 58.2 Å². The Hall–Kier alpha value is -3.09. The molecule has 1 atom stereocenters. The van der Waals surface area contributed by atoms with Crippen LogP contribution in [0.3, 0.4) is 0 Å². The van der Waals surface area contributed by atoms with Crippen LogP contribution in [0, 0.1) is 5.82 Å². The van der Waals surface area contributed by atoms with Crippen LogP contribution in [0.5, 0.6) is 0 Å². The fourth-order valence-electron chi connectivity index (χ4n) is 2.54. The van der Waals surface area contributed by atoms with Crippen molar-refractivity contribution >= 4 is 11.9 Å². The van der Waals surface area contributed by atoms with Gasteiger partial charge in [-0.3, -0.25) is 10.1 Å². The fourth-order valence-corrected chi connectivity index (χ4v) is 2.54. The van der Waals surface area contributed by atoms with Gasteiger partial charge in [-0.25, -0.2) is 18.0 Å². The molecule has 0 aliphatic carbocycles. The maximum absolute atomic E-state index is 14.1. The van der Waals surface area contributed by atoms with E-state index in [-0.39, 0.29) is 5.56 Å². The number of halogens is 3. The summed E-state index contributed by atoms with van der Waals surface area (Å²) in [5.41, 5.74) is -2.56. The molecule has 0 aromatic heterocycles. The second-order valence-electron chi connectivity index (χ2n) is 5.52. The number of hydrogen-bond acceptors (Lipinski definition) is 2. The van der Waals surface area contributed by atoms with Gasteiger partial charge in [-0.1, -0.05) is 42.5 Å². The number of urea groups is 1. The number of alkyl halides is 2. The Bertz CT molecular complexity index is 796. The quantitative estimate of drug-likeness (QED) is 0.763.